The fraction of sp³-hybridized carbons (Fsp3) is 0.174. The summed E-state index contributed by atoms with van der Waals surface area (Å²) in [6.45, 7) is 1.06. The number of nitrogen functional groups attached to an aromatic ring is 1. The zero-order chi connectivity index (χ0) is 20.2. The highest BCUT2D eigenvalue weighted by atomic mass is 35.5. The number of hydrogen-bond acceptors (Lipinski definition) is 3. The molecule has 1 aromatic heterocycles. The first-order valence-corrected chi connectivity index (χ1v) is 9.87. The molecule has 0 fully saturated rings. The van der Waals surface area contributed by atoms with Gasteiger partial charge in [0, 0.05) is 10.6 Å². The van der Waals surface area contributed by atoms with Crippen LogP contribution < -0.4 is 15.0 Å². The molecule has 3 N–H and O–H groups in total. The molecule has 5 nitrogen and oxygen atoms in total. The Labute approximate surface area is 174 Å². The Kier molecular flexibility index (Phi) is 5.69. The SMILES string of the molecule is Nc1n(C[C@@H](O)COc2ccccc2)c2ccccc2[n+]1Cc1ccccc1Cl. The third-order valence-corrected chi connectivity index (χ3v) is 5.25. The molecule has 0 saturated carbocycles. The number of anilines is 1. The number of hydrogen-bond donors (Lipinski definition) is 2. The van der Waals surface area contributed by atoms with Crippen molar-refractivity contribution in [2.45, 2.75) is 19.2 Å². The van der Waals surface area contributed by atoms with E-state index in [1.807, 2.05) is 88.0 Å². The molecule has 0 spiro atoms. The number of aliphatic hydroxyl groups is 1. The molecule has 1 atom stereocenters. The van der Waals surface area contributed by atoms with Crippen molar-refractivity contribution in [1.82, 2.24) is 4.57 Å². The van der Waals surface area contributed by atoms with Crippen molar-refractivity contribution in [1.29, 1.82) is 0 Å². The minimum Gasteiger partial charge on any atom is -0.491 e. The summed E-state index contributed by atoms with van der Waals surface area (Å²) in [5.41, 5.74) is 9.43. The van der Waals surface area contributed by atoms with E-state index in [4.69, 9.17) is 22.1 Å². The summed E-state index contributed by atoms with van der Waals surface area (Å²) in [4.78, 5) is 0. The molecule has 0 unspecified atom stereocenters. The number of imidazole rings is 1. The average Bonchev–Trinajstić information content (AvgIpc) is 3.00. The summed E-state index contributed by atoms with van der Waals surface area (Å²) in [6, 6.07) is 25.1. The number of benzene rings is 3. The van der Waals surface area contributed by atoms with Gasteiger partial charge in [0.15, 0.2) is 0 Å². The predicted octanol–water partition coefficient (Wildman–Crippen LogP) is 3.65. The Balaban J connectivity index is 1.59. The van der Waals surface area contributed by atoms with E-state index >= 15 is 0 Å². The molecule has 0 radical (unpaired) electrons. The van der Waals surface area contributed by atoms with Crippen molar-refractivity contribution in [3.8, 4) is 5.75 Å². The topological polar surface area (TPSA) is 64.3 Å². The first-order chi connectivity index (χ1) is 14.1. The number of ether oxygens (including phenoxy) is 1. The maximum Gasteiger partial charge on any atom is 0.356 e. The first-order valence-electron chi connectivity index (χ1n) is 9.49. The van der Waals surface area contributed by atoms with E-state index in [0.29, 0.717) is 24.1 Å². The summed E-state index contributed by atoms with van der Waals surface area (Å²) < 4.78 is 9.62. The van der Waals surface area contributed by atoms with E-state index in [2.05, 4.69) is 0 Å². The molecule has 0 bridgehead atoms. The van der Waals surface area contributed by atoms with Crippen LogP contribution in [-0.4, -0.2) is 22.4 Å². The number of halogens is 1. The van der Waals surface area contributed by atoms with Crippen LogP contribution in [-0.2, 0) is 13.1 Å². The molecule has 4 rings (SSSR count). The number of nitrogens with two attached hydrogens (primary N) is 1. The number of fused-ring (bicyclic) bond motifs is 1. The third-order valence-electron chi connectivity index (χ3n) is 4.88. The van der Waals surface area contributed by atoms with Gasteiger partial charge in [-0.25, -0.2) is 9.13 Å². The third kappa shape index (κ3) is 4.21. The molecule has 148 valence electrons. The van der Waals surface area contributed by atoms with Crippen LogP contribution in [0.15, 0.2) is 78.9 Å². The Morgan fingerprint density at radius 3 is 2.45 bits per heavy atom. The van der Waals surface area contributed by atoms with E-state index in [1.165, 1.54) is 0 Å². The number of aliphatic hydroxyl groups excluding tert-OH is 1. The van der Waals surface area contributed by atoms with Gasteiger partial charge in [0.2, 0.25) is 0 Å². The fourth-order valence-corrected chi connectivity index (χ4v) is 3.64. The zero-order valence-electron chi connectivity index (χ0n) is 15.9. The van der Waals surface area contributed by atoms with E-state index in [9.17, 15) is 5.11 Å². The van der Waals surface area contributed by atoms with Crippen molar-refractivity contribution >= 4 is 28.6 Å². The van der Waals surface area contributed by atoms with Crippen molar-refractivity contribution in [3.05, 3.63) is 89.4 Å². The summed E-state index contributed by atoms with van der Waals surface area (Å²) >= 11 is 6.35. The molecule has 0 aliphatic heterocycles. The molecule has 4 aromatic rings. The molecule has 0 aliphatic carbocycles. The zero-order valence-corrected chi connectivity index (χ0v) is 16.7. The highest BCUT2D eigenvalue weighted by Gasteiger charge is 2.23. The van der Waals surface area contributed by atoms with E-state index in [0.717, 1.165) is 22.3 Å². The van der Waals surface area contributed by atoms with Gasteiger partial charge in [-0.15, -0.1) is 0 Å². The largest absolute Gasteiger partial charge is 0.491 e. The predicted molar refractivity (Wildman–Crippen MR) is 115 cm³/mol. The van der Waals surface area contributed by atoms with Crippen molar-refractivity contribution < 1.29 is 14.4 Å². The van der Waals surface area contributed by atoms with Gasteiger partial charge < -0.3 is 9.84 Å². The van der Waals surface area contributed by atoms with Crippen molar-refractivity contribution in [2.24, 2.45) is 0 Å². The second-order valence-corrected chi connectivity index (χ2v) is 7.32. The lowest BCUT2D eigenvalue weighted by Gasteiger charge is -2.12. The van der Waals surface area contributed by atoms with Gasteiger partial charge in [-0.2, -0.15) is 0 Å². The smallest absolute Gasteiger partial charge is 0.356 e. The van der Waals surface area contributed by atoms with Crippen LogP contribution in [0, 0.1) is 0 Å². The fourth-order valence-electron chi connectivity index (χ4n) is 3.44. The Morgan fingerprint density at radius 1 is 0.966 bits per heavy atom. The maximum absolute atomic E-state index is 10.6. The quantitative estimate of drug-likeness (QED) is 0.459. The second-order valence-electron chi connectivity index (χ2n) is 6.91. The summed E-state index contributed by atoms with van der Waals surface area (Å²) in [5, 5.41) is 11.3. The van der Waals surface area contributed by atoms with Crippen LogP contribution >= 0.6 is 11.6 Å². The molecule has 29 heavy (non-hydrogen) atoms. The summed E-state index contributed by atoms with van der Waals surface area (Å²) in [6.07, 6.45) is -0.706. The highest BCUT2D eigenvalue weighted by molar-refractivity contribution is 6.31. The van der Waals surface area contributed by atoms with Crippen LogP contribution in [0.5, 0.6) is 5.75 Å². The van der Waals surface area contributed by atoms with Crippen molar-refractivity contribution in [3.63, 3.8) is 0 Å². The molecule has 0 amide bonds. The van der Waals surface area contributed by atoms with Crippen LogP contribution in [0.4, 0.5) is 5.95 Å². The van der Waals surface area contributed by atoms with Gasteiger partial charge in [0.05, 0.1) is 6.54 Å². The average molecular weight is 409 g/mol. The molecule has 3 aromatic carbocycles. The lowest BCUT2D eigenvalue weighted by atomic mass is 10.2. The van der Waals surface area contributed by atoms with Crippen LogP contribution in [0.25, 0.3) is 11.0 Å². The normalized spacial score (nSPS) is 12.2. The van der Waals surface area contributed by atoms with Gasteiger partial charge in [0.25, 0.3) is 0 Å². The van der Waals surface area contributed by atoms with Crippen LogP contribution in [0.1, 0.15) is 5.56 Å². The molecular weight excluding hydrogens is 386 g/mol. The Bertz CT molecular complexity index is 1110. The number of para-hydroxylation sites is 3. The van der Waals surface area contributed by atoms with Gasteiger partial charge in [0.1, 0.15) is 36.0 Å². The van der Waals surface area contributed by atoms with E-state index in [-0.39, 0.29) is 6.61 Å². The summed E-state index contributed by atoms with van der Waals surface area (Å²) in [7, 11) is 0. The maximum atomic E-state index is 10.6. The van der Waals surface area contributed by atoms with Gasteiger partial charge in [-0.3, -0.25) is 5.73 Å². The van der Waals surface area contributed by atoms with Crippen LogP contribution in [0.2, 0.25) is 5.02 Å². The lowest BCUT2D eigenvalue weighted by molar-refractivity contribution is -0.648. The Hall–Kier alpha value is -3.02. The molecular formula is C23H23ClN3O2+. The summed E-state index contributed by atoms with van der Waals surface area (Å²) in [5.74, 6) is 1.29. The molecule has 0 saturated heterocycles. The van der Waals surface area contributed by atoms with Gasteiger partial charge in [-0.1, -0.05) is 60.1 Å². The molecule has 6 heteroatoms. The van der Waals surface area contributed by atoms with Gasteiger partial charge >= 0.3 is 5.95 Å². The van der Waals surface area contributed by atoms with Crippen molar-refractivity contribution in [2.75, 3.05) is 12.3 Å². The number of rotatable bonds is 7. The van der Waals surface area contributed by atoms with Crippen LogP contribution in [0.3, 0.4) is 0 Å². The minimum absolute atomic E-state index is 0.181. The number of nitrogens with zero attached hydrogens (tertiary/aromatic N) is 2. The minimum atomic E-state index is -0.706. The Morgan fingerprint density at radius 2 is 1.66 bits per heavy atom. The van der Waals surface area contributed by atoms with Gasteiger partial charge in [-0.05, 0) is 30.3 Å². The number of aromatic nitrogens is 2. The first kappa shape index (κ1) is 19.3. The van der Waals surface area contributed by atoms with E-state index < -0.39 is 6.10 Å². The monoisotopic (exact) mass is 408 g/mol. The molecule has 0 aliphatic rings. The second kappa shape index (κ2) is 8.55. The highest BCUT2D eigenvalue weighted by Crippen LogP contribution is 2.20. The standard InChI is InChI=1S/C23H22ClN3O2/c24-20-11-5-4-8-17(20)14-26-21-12-6-7-13-22(21)27(23(26)25)15-18(28)16-29-19-9-2-1-3-10-19/h1-13,18,25,28H,14-16H2/p+1/t18-/m1/s1. The van der Waals surface area contributed by atoms with E-state index in [1.54, 1.807) is 0 Å². The lowest BCUT2D eigenvalue weighted by Crippen LogP contribution is -2.38. The molecule has 1 heterocycles.